The number of aromatic nitrogens is 1. The third-order valence-corrected chi connectivity index (χ3v) is 9.13. The van der Waals surface area contributed by atoms with Crippen LogP contribution in [0, 0.1) is 17.7 Å². The van der Waals surface area contributed by atoms with Crippen LogP contribution in [0.1, 0.15) is 68.4 Å². The van der Waals surface area contributed by atoms with Gasteiger partial charge in [0.15, 0.2) is 0 Å². The lowest BCUT2D eigenvalue weighted by Gasteiger charge is -2.29. The maximum Gasteiger partial charge on any atom is 0.213 e. The summed E-state index contributed by atoms with van der Waals surface area (Å²) in [4.78, 5) is 4.43. The monoisotopic (exact) mass is 489 g/mol. The summed E-state index contributed by atoms with van der Waals surface area (Å²) in [5.41, 5.74) is 1.91. The van der Waals surface area contributed by atoms with E-state index in [4.69, 9.17) is 14.0 Å². The average molecular weight is 490 g/mol. The van der Waals surface area contributed by atoms with Gasteiger partial charge in [0.2, 0.25) is 13.2 Å². The second-order valence-electron chi connectivity index (χ2n) is 9.90. The van der Waals surface area contributed by atoms with E-state index in [9.17, 15) is 8.96 Å². The van der Waals surface area contributed by atoms with Crippen LogP contribution in [-0.2, 0) is 9.09 Å². The molecule has 2 atom stereocenters. The van der Waals surface area contributed by atoms with Crippen molar-refractivity contribution in [3.8, 4) is 11.6 Å². The summed E-state index contributed by atoms with van der Waals surface area (Å²) in [5.74, 6) is 2.64. The number of rotatable bonds is 11. The summed E-state index contributed by atoms with van der Waals surface area (Å²) in [6, 6.07) is 9.05. The van der Waals surface area contributed by atoms with Gasteiger partial charge >= 0.3 is 0 Å². The highest BCUT2D eigenvalue weighted by Crippen LogP contribution is 2.53. The summed E-state index contributed by atoms with van der Waals surface area (Å²) in [6.45, 7) is 4.73. The van der Waals surface area contributed by atoms with Crippen LogP contribution in [0.25, 0.3) is 0 Å². The van der Waals surface area contributed by atoms with Gasteiger partial charge in [0.1, 0.15) is 11.6 Å². The average Bonchev–Trinajstić information content (AvgIpc) is 3.68. The molecule has 2 aliphatic rings. The molecule has 1 aromatic heterocycles. The van der Waals surface area contributed by atoms with Crippen LogP contribution >= 0.6 is 7.37 Å². The van der Waals surface area contributed by atoms with Gasteiger partial charge in [-0.1, -0.05) is 0 Å². The van der Waals surface area contributed by atoms with Crippen molar-refractivity contribution in [1.82, 2.24) is 4.98 Å². The molecule has 1 heterocycles. The van der Waals surface area contributed by atoms with Gasteiger partial charge in [-0.05, 0) is 105 Å². The van der Waals surface area contributed by atoms with Crippen molar-refractivity contribution >= 4 is 7.37 Å². The van der Waals surface area contributed by atoms with Crippen LogP contribution in [0.5, 0.6) is 11.6 Å². The Morgan fingerprint density at radius 1 is 1.12 bits per heavy atom. The highest BCUT2D eigenvalue weighted by molar-refractivity contribution is 7.58. The van der Waals surface area contributed by atoms with Gasteiger partial charge in [-0.2, -0.15) is 0 Å². The molecule has 2 unspecified atom stereocenters. The first kappa shape index (κ1) is 25.2. The number of benzene rings is 1. The van der Waals surface area contributed by atoms with E-state index in [1.54, 1.807) is 26.0 Å². The Morgan fingerprint density at radius 3 is 2.56 bits per heavy atom. The molecule has 0 radical (unpaired) electrons. The molecule has 0 N–H and O–H groups in total. The van der Waals surface area contributed by atoms with Crippen LogP contribution in [0.2, 0.25) is 0 Å². The highest BCUT2D eigenvalue weighted by Gasteiger charge is 2.36. The van der Waals surface area contributed by atoms with Gasteiger partial charge < -0.3 is 14.0 Å². The number of halogens is 1. The molecule has 0 spiro atoms. The minimum Gasteiger partial charge on any atom is -0.497 e. The fourth-order valence-corrected chi connectivity index (χ4v) is 7.12. The standard InChI is InChI=1S/C27H37FNO4P/c1-4-33-34(3,30)18-25(21-9-10-21)22-13-14-29-27(15-22)32-17-19-5-7-20(8-6-19)24-16-23(31-2)11-12-26(24)28/h11-16,19-21,25H,4-10,17-18H2,1-3H3. The van der Waals surface area contributed by atoms with Gasteiger partial charge in [0.25, 0.3) is 0 Å². The van der Waals surface area contributed by atoms with Crippen molar-refractivity contribution in [2.45, 2.75) is 57.3 Å². The van der Waals surface area contributed by atoms with Crippen LogP contribution in [0.15, 0.2) is 36.5 Å². The molecule has 2 fully saturated rings. The minimum atomic E-state index is -2.62. The number of hydrogen-bond acceptors (Lipinski definition) is 5. The Hall–Kier alpha value is -1.91. The first-order chi connectivity index (χ1) is 16.4. The van der Waals surface area contributed by atoms with E-state index in [1.165, 1.54) is 18.9 Å². The Bertz CT molecular complexity index is 1000. The first-order valence-electron chi connectivity index (χ1n) is 12.5. The molecule has 186 valence electrons. The largest absolute Gasteiger partial charge is 0.497 e. The molecule has 5 nitrogen and oxygen atoms in total. The van der Waals surface area contributed by atoms with Crippen molar-refractivity contribution in [1.29, 1.82) is 0 Å². The zero-order chi connectivity index (χ0) is 24.1. The zero-order valence-electron chi connectivity index (χ0n) is 20.5. The van der Waals surface area contributed by atoms with E-state index in [1.807, 2.05) is 25.1 Å². The van der Waals surface area contributed by atoms with Gasteiger partial charge in [-0.15, -0.1) is 0 Å². The molecule has 0 amide bonds. The molecule has 0 aliphatic heterocycles. The summed E-state index contributed by atoms with van der Waals surface area (Å²) < 4.78 is 44.1. The number of methoxy groups -OCH3 is 1. The second kappa shape index (κ2) is 11.2. The molecule has 2 saturated carbocycles. The van der Waals surface area contributed by atoms with E-state index < -0.39 is 7.37 Å². The number of hydrogen-bond donors (Lipinski definition) is 0. The molecule has 1 aromatic carbocycles. The number of nitrogens with zero attached hydrogens (tertiary/aromatic N) is 1. The van der Waals surface area contributed by atoms with Crippen molar-refractivity contribution in [2.75, 3.05) is 33.2 Å². The Morgan fingerprint density at radius 2 is 1.88 bits per heavy atom. The van der Waals surface area contributed by atoms with E-state index in [0.29, 0.717) is 42.8 Å². The molecule has 34 heavy (non-hydrogen) atoms. The molecule has 0 saturated heterocycles. The molecular weight excluding hydrogens is 452 g/mol. The van der Waals surface area contributed by atoms with Crippen molar-refractivity contribution in [2.24, 2.45) is 11.8 Å². The Balaban J connectivity index is 1.33. The normalized spacial score (nSPS) is 23.2. The molecule has 2 aromatic rings. The van der Waals surface area contributed by atoms with E-state index >= 15 is 0 Å². The Kier molecular flexibility index (Phi) is 8.31. The van der Waals surface area contributed by atoms with Crippen molar-refractivity contribution in [3.63, 3.8) is 0 Å². The predicted octanol–water partition coefficient (Wildman–Crippen LogP) is 7.02. The zero-order valence-corrected chi connectivity index (χ0v) is 21.4. The SMILES string of the molecule is CCOP(C)(=O)CC(c1ccnc(OCC2CCC(c3cc(OC)ccc3F)CC2)c1)C1CC1. The quantitative estimate of drug-likeness (QED) is 0.318. The van der Waals surface area contributed by atoms with Crippen LogP contribution in [0.3, 0.4) is 0 Å². The number of ether oxygens (including phenoxy) is 2. The summed E-state index contributed by atoms with van der Waals surface area (Å²) in [7, 11) is -1.00. The molecule has 2 aliphatic carbocycles. The fourth-order valence-electron chi connectivity index (χ4n) is 5.25. The van der Waals surface area contributed by atoms with Gasteiger partial charge in [0, 0.05) is 25.1 Å². The maximum atomic E-state index is 14.4. The molecule has 4 rings (SSSR count). The lowest BCUT2D eigenvalue weighted by Crippen LogP contribution is -2.20. The molecule has 7 heteroatoms. The third kappa shape index (κ3) is 6.60. The fraction of sp³-hybridized carbons (Fsp3) is 0.593. The van der Waals surface area contributed by atoms with Crippen LogP contribution < -0.4 is 9.47 Å². The maximum absolute atomic E-state index is 14.4. The molecule has 0 bridgehead atoms. The van der Waals surface area contributed by atoms with Gasteiger partial charge in [-0.25, -0.2) is 9.37 Å². The van der Waals surface area contributed by atoms with Crippen molar-refractivity contribution < 1.29 is 23.0 Å². The Labute approximate surface area is 202 Å². The lowest BCUT2D eigenvalue weighted by molar-refractivity contribution is 0.193. The smallest absolute Gasteiger partial charge is 0.213 e. The number of pyridine rings is 1. The summed E-state index contributed by atoms with van der Waals surface area (Å²) in [6.07, 6.45) is 8.59. The minimum absolute atomic E-state index is 0.146. The third-order valence-electron chi connectivity index (χ3n) is 7.27. The molecular formula is C27H37FNO4P. The summed E-state index contributed by atoms with van der Waals surface area (Å²) >= 11 is 0. The van der Waals surface area contributed by atoms with Crippen LogP contribution in [-0.4, -0.2) is 38.1 Å². The first-order valence-corrected chi connectivity index (χ1v) is 14.8. The predicted molar refractivity (Wildman–Crippen MR) is 133 cm³/mol. The van der Waals surface area contributed by atoms with E-state index in [-0.39, 0.29) is 17.7 Å². The second-order valence-corrected chi connectivity index (χ2v) is 12.6. The van der Waals surface area contributed by atoms with Gasteiger partial charge in [-0.3, -0.25) is 4.57 Å². The van der Waals surface area contributed by atoms with Crippen molar-refractivity contribution in [3.05, 3.63) is 53.5 Å². The highest BCUT2D eigenvalue weighted by atomic mass is 31.2. The van der Waals surface area contributed by atoms with E-state index in [0.717, 1.165) is 36.8 Å². The van der Waals surface area contributed by atoms with Gasteiger partial charge in [0.05, 0.1) is 20.3 Å². The van der Waals surface area contributed by atoms with E-state index in [2.05, 4.69) is 4.98 Å². The topological polar surface area (TPSA) is 57.7 Å². The summed E-state index contributed by atoms with van der Waals surface area (Å²) in [5, 5.41) is 0. The van der Waals surface area contributed by atoms with Crippen LogP contribution in [0.4, 0.5) is 4.39 Å². The lowest BCUT2D eigenvalue weighted by atomic mass is 9.79.